The number of nitrogens with zero attached hydrogens (tertiary/aromatic N) is 1. The smallest absolute Gasteiger partial charge is 0.331 e. The minimum atomic E-state index is -5.30. The van der Waals surface area contributed by atoms with Gasteiger partial charge in [0.1, 0.15) is 18.3 Å². The molecule has 0 saturated carbocycles. The van der Waals surface area contributed by atoms with Crippen LogP contribution in [-0.2, 0) is 13.8 Å². The van der Waals surface area contributed by atoms with Crippen LogP contribution < -0.4 is 33.3 Å². The maximum atomic E-state index is 12.1. The van der Waals surface area contributed by atoms with E-state index in [0.717, 1.165) is 4.57 Å². The SMILES string of the molecule is O=c1[nH]c(=O)n([C@@H]2O[C@H](COP(=O)([O-])[O-])[C@@H](O)[C@H]2O)c2c[nH]cc12.[NH4+].[NH4+]. The van der Waals surface area contributed by atoms with Crippen molar-refractivity contribution in [2.75, 3.05) is 6.61 Å². The van der Waals surface area contributed by atoms with E-state index in [2.05, 4.69) is 9.51 Å². The third kappa shape index (κ3) is 3.93. The molecule has 0 amide bonds. The fourth-order valence-corrected chi connectivity index (χ4v) is 2.90. The number of aromatic amines is 2. The lowest BCUT2D eigenvalue weighted by atomic mass is 10.1. The van der Waals surface area contributed by atoms with Gasteiger partial charge in [-0.2, -0.15) is 0 Å². The number of hydrogen-bond acceptors (Lipinski definition) is 9. The van der Waals surface area contributed by atoms with E-state index in [1.165, 1.54) is 12.4 Å². The van der Waals surface area contributed by atoms with E-state index in [4.69, 9.17) is 4.74 Å². The molecule has 1 aliphatic heterocycles. The zero-order valence-corrected chi connectivity index (χ0v) is 14.7. The Labute approximate surface area is 144 Å². The molecule has 4 atom stereocenters. The Balaban J connectivity index is 0.00000169. The number of phosphoric acid groups is 1. The van der Waals surface area contributed by atoms with Gasteiger partial charge in [-0.1, -0.05) is 0 Å². The van der Waals surface area contributed by atoms with Crippen molar-refractivity contribution in [1.82, 2.24) is 26.8 Å². The molecule has 26 heavy (non-hydrogen) atoms. The summed E-state index contributed by atoms with van der Waals surface area (Å²) in [6.45, 7) is -0.826. The number of rotatable bonds is 4. The van der Waals surface area contributed by atoms with Gasteiger partial charge in [-0.3, -0.25) is 14.3 Å². The molecule has 0 aliphatic carbocycles. The molecule has 2 aromatic rings. The number of ether oxygens (including phenoxy) is 1. The quantitative estimate of drug-likeness (QED) is 0.291. The van der Waals surface area contributed by atoms with Gasteiger partial charge in [0, 0.05) is 12.4 Å². The molecule has 0 radical (unpaired) electrons. The van der Waals surface area contributed by atoms with Crippen LogP contribution in [0.2, 0.25) is 0 Å². The average Bonchev–Trinajstić information content (AvgIpc) is 3.05. The van der Waals surface area contributed by atoms with Crippen molar-refractivity contribution in [1.29, 1.82) is 0 Å². The van der Waals surface area contributed by atoms with Gasteiger partial charge in [0.2, 0.25) is 0 Å². The highest BCUT2D eigenvalue weighted by Gasteiger charge is 2.44. The van der Waals surface area contributed by atoms with Crippen LogP contribution in [0.3, 0.4) is 0 Å². The molecule has 0 bridgehead atoms. The second-order valence-corrected chi connectivity index (χ2v) is 6.33. The van der Waals surface area contributed by atoms with Crippen LogP contribution in [0.5, 0.6) is 0 Å². The summed E-state index contributed by atoms with van der Waals surface area (Å²) < 4.78 is 20.7. The maximum Gasteiger partial charge on any atom is 0.331 e. The van der Waals surface area contributed by atoms with Gasteiger partial charge in [0.25, 0.3) is 5.56 Å². The first kappa shape index (κ1) is 22.2. The molecule has 3 rings (SSSR count). The van der Waals surface area contributed by atoms with Crippen LogP contribution in [0.25, 0.3) is 10.9 Å². The molecule has 1 saturated heterocycles. The summed E-state index contributed by atoms with van der Waals surface area (Å²) in [5.41, 5.74) is -1.44. The third-order valence-electron chi connectivity index (χ3n) is 3.66. The first-order chi connectivity index (χ1) is 11.2. The van der Waals surface area contributed by atoms with Gasteiger partial charge >= 0.3 is 5.69 Å². The van der Waals surface area contributed by atoms with E-state index in [9.17, 15) is 34.2 Å². The second-order valence-electron chi connectivity index (χ2n) is 5.17. The second kappa shape index (κ2) is 7.79. The third-order valence-corrected chi connectivity index (χ3v) is 4.12. The Morgan fingerprint density at radius 2 is 1.88 bits per heavy atom. The molecule has 12 N–H and O–H groups in total. The van der Waals surface area contributed by atoms with Crippen LogP contribution in [0.15, 0.2) is 22.0 Å². The molecule has 1 aliphatic rings. The minimum absolute atomic E-state index is 0. The van der Waals surface area contributed by atoms with Crippen LogP contribution in [-0.4, -0.2) is 49.7 Å². The summed E-state index contributed by atoms with van der Waals surface area (Å²) >= 11 is 0. The number of aliphatic hydroxyl groups excluding tert-OH is 2. The predicted molar refractivity (Wildman–Crippen MR) is 84.6 cm³/mol. The fourth-order valence-electron chi connectivity index (χ4n) is 2.57. The largest absolute Gasteiger partial charge is 0.790 e. The van der Waals surface area contributed by atoms with E-state index in [-0.39, 0.29) is 23.2 Å². The standard InChI is InChI=1S/C11H14N3O9P.2H3N/c15-7-6(3-22-24(19,20)21)23-10(8(7)16)14-5-2-12-1-4(5)9(17)13-11(14)18;;/h1-2,6-8,10,12,15-16H,3H2,(H,13,17,18)(H2,19,20,21);2*1H3/t6-,7-,8-,10-;;/m1../s1. The Hall–Kier alpha value is -1.87. The highest BCUT2D eigenvalue weighted by Crippen LogP contribution is 2.33. The van der Waals surface area contributed by atoms with Gasteiger partial charge in [-0.15, -0.1) is 0 Å². The van der Waals surface area contributed by atoms with E-state index in [1.54, 1.807) is 0 Å². The van der Waals surface area contributed by atoms with E-state index in [0.29, 0.717) is 0 Å². The highest BCUT2D eigenvalue weighted by atomic mass is 31.2. The fraction of sp³-hybridized carbons (Fsp3) is 0.455. The predicted octanol–water partition coefficient (Wildman–Crippen LogP) is -2.77. The molecule has 0 spiro atoms. The summed E-state index contributed by atoms with van der Waals surface area (Å²) in [4.78, 5) is 49.4. The van der Waals surface area contributed by atoms with Crippen LogP contribution in [0.1, 0.15) is 6.23 Å². The number of quaternary nitrogens is 2. The summed E-state index contributed by atoms with van der Waals surface area (Å²) in [7, 11) is -5.30. The molecule has 148 valence electrons. The molecule has 15 heteroatoms. The Kier molecular flexibility index (Phi) is 6.64. The van der Waals surface area contributed by atoms with Gasteiger partial charge < -0.3 is 51.1 Å². The lowest BCUT2D eigenvalue weighted by molar-refractivity contribution is -0.343. The number of aromatic nitrogens is 3. The van der Waals surface area contributed by atoms with Crippen LogP contribution in [0.4, 0.5) is 0 Å². The molecular formula is C11H20N5O9P. The number of hydrogen-bond donors (Lipinski definition) is 6. The summed E-state index contributed by atoms with van der Waals surface area (Å²) in [5.74, 6) is 0. The van der Waals surface area contributed by atoms with Crippen molar-refractivity contribution in [2.45, 2.75) is 24.5 Å². The lowest BCUT2D eigenvalue weighted by Crippen LogP contribution is -2.38. The topological polar surface area (TPSA) is 266 Å². The van der Waals surface area contributed by atoms with Crippen molar-refractivity contribution in [3.05, 3.63) is 33.2 Å². The normalized spacial score (nSPS) is 25.7. The molecule has 0 aromatic carbocycles. The number of fused-ring (bicyclic) bond motifs is 1. The number of aliphatic hydroxyl groups is 2. The number of phosphoric ester groups is 1. The Morgan fingerprint density at radius 1 is 1.23 bits per heavy atom. The van der Waals surface area contributed by atoms with Gasteiger partial charge in [0.05, 0.1) is 25.3 Å². The maximum absolute atomic E-state index is 12.1. The molecule has 1 fully saturated rings. The number of H-pyrrole nitrogens is 2. The van der Waals surface area contributed by atoms with Crippen LogP contribution >= 0.6 is 7.82 Å². The van der Waals surface area contributed by atoms with Gasteiger partial charge in [-0.25, -0.2) is 4.79 Å². The van der Waals surface area contributed by atoms with E-state index in [1.807, 2.05) is 4.98 Å². The van der Waals surface area contributed by atoms with Crippen molar-refractivity contribution in [2.24, 2.45) is 0 Å². The Bertz CT molecular complexity index is 917. The summed E-state index contributed by atoms with van der Waals surface area (Å²) in [6.07, 6.45) is -3.38. The first-order valence-electron chi connectivity index (χ1n) is 6.68. The monoisotopic (exact) mass is 397 g/mol. The van der Waals surface area contributed by atoms with E-state index < -0.39 is 50.2 Å². The van der Waals surface area contributed by atoms with E-state index >= 15 is 0 Å². The van der Waals surface area contributed by atoms with Crippen LogP contribution in [0, 0.1) is 0 Å². The molecule has 2 aromatic heterocycles. The number of nitrogens with one attached hydrogen (secondary N) is 2. The Morgan fingerprint density at radius 3 is 2.50 bits per heavy atom. The average molecular weight is 397 g/mol. The summed E-state index contributed by atoms with van der Waals surface area (Å²) in [6, 6.07) is 0. The molecule has 14 nitrogen and oxygen atoms in total. The van der Waals surface area contributed by atoms with Crippen molar-refractivity contribution < 1.29 is 33.8 Å². The molecular weight excluding hydrogens is 377 g/mol. The first-order valence-corrected chi connectivity index (χ1v) is 8.14. The summed E-state index contributed by atoms with van der Waals surface area (Å²) in [5, 5.41) is 20.1. The molecule has 0 unspecified atom stereocenters. The van der Waals surface area contributed by atoms with Crippen molar-refractivity contribution in [3.8, 4) is 0 Å². The zero-order valence-electron chi connectivity index (χ0n) is 13.8. The zero-order chi connectivity index (χ0) is 17.6. The van der Waals surface area contributed by atoms with Gasteiger partial charge in [-0.05, 0) is 0 Å². The van der Waals surface area contributed by atoms with Crippen molar-refractivity contribution in [3.63, 3.8) is 0 Å². The van der Waals surface area contributed by atoms with Crippen molar-refractivity contribution >= 4 is 18.7 Å². The molecule has 3 heterocycles. The minimum Gasteiger partial charge on any atom is -0.790 e. The van der Waals surface area contributed by atoms with Gasteiger partial charge in [0.15, 0.2) is 6.23 Å². The highest BCUT2D eigenvalue weighted by molar-refractivity contribution is 7.43. The lowest BCUT2D eigenvalue weighted by Gasteiger charge is -2.30.